The van der Waals surface area contributed by atoms with Crippen LogP contribution in [-0.2, 0) is 5.41 Å². The van der Waals surface area contributed by atoms with Gasteiger partial charge in [-0.25, -0.2) is 0 Å². The van der Waals surface area contributed by atoms with Crippen LogP contribution in [0.4, 0.5) is 5.69 Å². The van der Waals surface area contributed by atoms with Crippen LogP contribution in [0.25, 0.3) is 6.08 Å². The Morgan fingerprint density at radius 3 is 2.56 bits per heavy atom. The van der Waals surface area contributed by atoms with Gasteiger partial charge in [0.15, 0.2) is 0 Å². The van der Waals surface area contributed by atoms with Crippen molar-refractivity contribution in [3.63, 3.8) is 0 Å². The first-order valence-electron chi connectivity index (χ1n) is 5.62. The minimum atomic E-state index is 0.167. The lowest BCUT2D eigenvalue weighted by Crippen LogP contribution is -2.11. The summed E-state index contributed by atoms with van der Waals surface area (Å²) in [7, 11) is 0. The Kier molecular flexibility index (Phi) is 4.48. The van der Waals surface area contributed by atoms with Crippen molar-refractivity contribution in [1.82, 2.24) is 0 Å². The Morgan fingerprint density at radius 2 is 2.00 bits per heavy atom. The predicted octanol–water partition coefficient (Wildman–Crippen LogP) is 3.90. The molecule has 0 amide bonds. The summed E-state index contributed by atoms with van der Waals surface area (Å²) in [5, 5.41) is 0. The smallest absolute Gasteiger partial charge is 0.0387 e. The molecule has 0 aliphatic rings. The number of anilines is 1. The number of nitrogens with two attached hydrogens (primary N) is 1. The molecule has 1 aromatic rings. The van der Waals surface area contributed by atoms with Gasteiger partial charge in [-0.2, -0.15) is 12.6 Å². The van der Waals surface area contributed by atoms with E-state index < -0.39 is 0 Å². The molecule has 0 saturated heterocycles. The summed E-state index contributed by atoms with van der Waals surface area (Å²) in [4.78, 5) is 0. The van der Waals surface area contributed by atoms with Gasteiger partial charge in [0.25, 0.3) is 0 Å². The first kappa shape index (κ1) is 13.2. The molecular formula is C14H21NS. The molecule has 0 spiro atoms. The molecule has 88 valence electrons. The van der Waals surface area contributed by atoms with Crippen molar-refractivity contribution in [1.29, 1.82) is 0 Å². The molecule has 1 aromatic carbocycles. The van der Waals surface area contributed by atoms with Crippen LogP contribution in [0.1, 0.15) is 38.3 Å². The van der Waals surface area contributed by atoms with Gasteiger partial charge in [0, 0.05) is 5.69 Å². The van der Waals surface area contributed by atoms with Crippen LogP contribution in [0.15, 0.2) is 24.3 Å². The van der Waals surface area contributed by atoms with Crippen LogP contribution < -0.4 is 5.73 Å². The molecule has 0 atom stereocenters. The van der Waals surface area contributed by atoms with E-state index >= 15 is 0 Å². The van der Waals surface area contributed by atoms with Crippen LogP contribution in [0.3, 0.4) is 0 Å². The Morgan fingerprint density at radius 1 is 1.31 bits per heavy atom. The molecule has 0 unspecified atom stereocenters. The maximum absolute atomic E-state index is 5.94. The summed E-state index contributed by atoms with van der Waals surface area (Å²) < 4.78 is 0. The van der Waals surface area contributed by atoms with E-state index in [1.54, 1.807) is 0 Å². The van der Waals surface area contributed by atoms with E-state index in [1.165, 1.54) is 5.56 Å². The number of rotatable bonds is 3. The van der Waals surface area contributed by atoms with E-state index in [9.17, 15) is 0 Å². The van der Waals surface area contributed by atoms with E-state index in [4.69, 9.17) is 5.73 Å². The van der Waals surface area contributed by atoms with Crippen LogP contribution in [0, 0.1) is 0 Å². The highest BCUT2D eigenvalue weighted by Gasteiger charge is 2.13. The second kappa shape index (κ2) is 5.44. The average molecular weight is 235 g/mol. The number of thiol groups is 1. The predicted molar refractivity (Wildman–Crippen MR) is 77.1 cm³/mol. The lowest BCUT2D eigenvalue weighted by Gasteiger charge is -2.20. The van der Waals surface area contributed by atoms with Gasteiger partial charge >= 0.3 is 0 Å². The Balaban J connectivity index is 3.00. The van der Waals surface area contributed by atoms with Crippen molar-refractivity contribution < 1.29 is 0 Å². The highest BCUT2D eigenvalue weighted by atomic mass is 32.1. The summed E-state index contributed by atoms with van der Waals surface area (Å²) >= 11 is 4.18. The second-order valence-electron chi connectivity index (χ2n) is 5.01. The van der Waals surface area contributed by atoms with Crippen LogP contribution in [0.5, 0.6) is 0 Å². The quantitative estimate of drug-likeness (QED) is 0.603. The molecule has 0 aromatic heterocycles. The maximum atomic E-state index is 5.94. The summed E-state index contributed by atoms with van der Waals surface area (Å²) in [5.74, 6) is 0.870. The minimum Gasteiger partial charge on any atom is -0.398 e. The molecular weight excluding hydrogens is 214 g/mol. The van der Waals surface area contributed by atoms with Gasteiger partial charge in [-0.1, -0.05) is 39.0 Å². The van der Waals surface area contributed by atoms with E-state index in [-0.39, 0.29) is 5.41 Å². The van der Waals surface area contributed by atoms with Crippen molar-refractivity contribution >= 4 is 24.4 Å². The zero-order chi connectivity index (χ0) is 12.2. The first-order valence-corrected chi connectivity index (χ1v) is 6.26. The topological polar surface area (TPSA) is 26.0 Å². The van der Waals surface area contributed by atoms with Crippen molar-refractivity contribution in [2.75, 3.05) is 11.5 Å². The third kappa shape index (κ3) is 3.60. The largest absolute Gasteiger partial charge is 0.398 e. The zero-order valence-corrected chi connectivity index (χ0v) is 11.2. The van der Waals surface area contributed by atoms with Crippen molar-refractivity contribution in [2.45, 2.75) is 32.6 Å². The number of nitrogen functional groups attached to an aromatic ring is 1. The molecule has 2 N–H and O–H groups in total. The lowest BCUT2D eigenvalue weighted by atomic mass is 9.86. The Hall–Kier alpha value is -0.890. The molecule has 0 aliphatic carbocycles. The van der Waals surface area contributed by atoms with Crippen LogP contribution in [-0.4, -0.2) is 5.75 Å². The summed E-state index contributed by atoms with van der Waals surface area (Å²) in [6.07, 6.45) is 5.17. The fourth-order valence-electron chi connectivity index (χ4n) is 1.47. The first-order chi connectivity index (χ1) is 7.45. The van der Waals surface area contributed by atoms with Gasteiger partial charge in [-0.3, -0.25) is 0 Å². The SMILES string of the molecule is CC(C)(C)c1ccc(N)c(C=CCCS)c1. The van der Waals surface area contributed by atoms with E-state index in [1.807, 2.05) is 6.07 Å². The minimum absolute atomic E-state index is 0.167. The number of hydrogen-bond donors (Lipinski definition) is 2. The van der Waals surface area contributed by atoms with E-state index in [0.29, 0.717) is 0 Å². The van der Waals surface area contributed by atoms with Crippen molar-refractivity contribution in [2.24, 2.45) is 0 Å². The molecule has 0 radical (unpaired) electrons. The van der Waals surface area contributed by atoms with Crippen molar-refractivity contribution in [3.8, 4) is 0 Å². The third-order valence-corrected chi connectivity index (χ3v) is 2.80. The molecule has 16 heavy (non-hydrogen) atoms. The normalized spacial score (nSPS) is 12.2. The maximum Gasteiger partial charge on any atom is 0.0387 e. The number of hydrogen-bond acceptors (Lipinski definition) is 2. The van der Waals surface area contributed by atoms with Crippen molar-refractivity contribution in [3.05, 3.63) is 35.4 Å². The molecule has 2 heteroatoms. The molecule has 0 bridgehead atoms. The van der Waals surface area contributed by atoms with Gasteiger partial charge in [0.05, 0.1) is 0 Å². The fourth-order valence-corrected chi connectivity index (χ4v) is 1.62. The highest BCUT2D eigenvalue weighted by molar-refractivity contribution is 7.80. The fraction of sp³-hybridized carbons (Fsp3) is 0.429. The molecule has 0 aliphatic heterocycles. The summed E-state index contributed by atoms with van der Waals surface area (Å²) in [6, 6.07) is 6.26. The van der Waals surface area contributed by atoms with Gasteiger partial charge < -0.3 is 5.73 Å². The standard InChI is InChI=1S/C14H21NS/c1-14(2,3)12-7-8-13(15)11(10-12)6-4-5-9-16/h4,6-8,10,16H,5,9,15H2,1-3H3. The molecule has 0 heterocycles. The average Bonchev–Trinajstić information content (AvgIpc) is 2.19. The highest BCUT2D eigenvalue weighted by Crippen LogP contribution is 2.26. The van der Waals surface area contributed by atoms with Crippen LogP contribution in [0.2, 0.25) is 0 Å². The zero-order valence-electron chi connectivity index (χ0n) is 10.3. The number of allylic oxidation sites excluding steroid dienone is 1. The molecule has 1 rings (SSSR count). The number of benzene rings is 1. The Labute approximate surface area is 104 Å². The van der Waals surface area contributed by atoms with Gasteiger partial charge in [0.1, 0.15) is 0 Å². The van der Waals surface area contributed by atoms with Crippen LogP contribution >= 0.6 is 12.6 Å². The molecule has 0 fully saturated rings. The molecule has 0 saturated carbocycles. The van der Waals surface area contributed by atoms with Gasteiger partial charge in [-0.15, -0.1) is 0 Å². The van der Waals surface area contributed by atoms with E-state index in [0.717, 1.165) is 23.4 Å². The Bertz CT molecular complexity index is 375. The van der Waals surface area contributed by atoms with E-state index in [2.05, 4.69) is 57.7 Å². The monoisotopic (exact) mass is 235 g/mol. The lowest BCUT2D eigenvalue weighted by molar-refractivity contribution is 0.590. The molecule has 1 nitrogen and oxygen atoms in total. The van der Waals surface area contributed by atoms with Gasteiger partial charge in [0.2, 0.25) is 0 Å². The summed E-state index contributed by atoms with van der Waals surface area (Å²) in [5.41, 5.74) is 9.37. The van der Waals surface area contributed by atoms with Gasteiger partial charge in [-0.05, 0) is 40.8 Å². The second-order valence-corrected chi connectivity index (χ2v) is 5.46. The third-order valence-electron chi connectivity index (χ3n) is 2.55. The summed E-state index contributed by atoms with van der Waals surface area (Å²) in [6.45, 7) is 6.62.